The zero-order valence-electron chi connectivity index (χ0n) is 17.3. The summed E-state index contributed by atoms with van der Waals surface area (Å²) in [7, 11) is -7.54. The standard InChI is InChI=1S/C21H29NO4S2/c1-16-8-7-9-19(14-16)27(23,24)21(5,6)15-22-28(25,26)18-12-10-17(11-13-18)20(2,3)4/h7-14,22H,15H2,1-6H3. The van der Waals surface area contributed by atoms with Gasteiger partial charge < -0.3 is 0 Å². The maximum absolute atomic E-state index is 13.0. The first-order valence-electron chi connectivity index (χ1n) is 9.08. The zero-order chi connectivity index (χ0) is 21.4. The summed E-state index contributed by atoms with van der Waals surface area (Å²) in [6, 6.07) is 13.3. The molecule has 0 radical (unpaired) electrons. The van der Waals surface area contributed by atoms with Crippen LogP contribution in [0.25, 0.3) is 0 Å². The van der Waals surface area contributed by atoms with Gasteiger partial charge in [0.2, 0.25) is 10.0 Å². The molecule has 2 aromatic rings. The molecule has 0 spiro atoms. The lowest BCUT2D eigenvalue weighted by molar-refractivity contribution is 0.532. The molecule has 0 aromatic heterocycles. The fraction of sp³-hybridized carbons (Fsp3) is 0.429. The van der Waals surface area contributed by atoms with Crippen LogP contribution in [0.15, 0.2) is 58.3 Å². The molecule has 0 fully saturated rings. The smallest absolute Gasteiger partial charge is 0.223 e. The summed E-state index contributed by atoms with van der Waals surface area (Å²) in [6.45, 7) is 10.8. The van der Waals surface area contributed by atoms with Crippen molar-refractivity contribution in [3.05, 3.63) is 59.7 Å². The first-order valence-corrected chi connectivity index (χ1v) is 12.0. The largest absolute Gasteiger partial charge is 0.240 e. The summed E-state index contributed by atoms with van der Waals surface area (Å²) >= 11 is 0. The average Bonchev–Trinajstić information content (AvgIpc) is 2.59. The summed E-state index contributed by atoms with van der Waals surface area (Å²) in [6.07, 6.45) is 0. The normalized spacial score (nSPS) is 13.5. The summed E-state index contributed by atoms with van der Waals surface area (Å²) in [5, 5.41) is 0. The first-order chi connectivity index (χ1) is 12.7. The van der Waals surface area contributed by atoms with Crippen molar-refractivity contribution in [2.45, 2.75) is 61.5 Å². The predicted molar refractivity (Wildman–Crippen MR) is 113 cm³/mol. The molecule has 0 unspecified atom stereocenters. The zero-order valence-corrected chi connectivity index (χ0v) is 18.9. The Bertz CT molecular complexity index is 1050. The minimum atomic E-state index is -3.82. The van der Waals surface area contributed by atoms with E-state index >= 15 is 0 Å². The maximum Gasteiger partial charge on any atom is 0.240 e. The summed E-state index contributed by atoms with van der Waals surface area (Å²) < 4.78 is 52.4. The SMILES string of the molecule is Cc1cccc(S(=O)(=O)C(C)(C)CNS(=O)(=O)c2ccc(C(C)(C)C)cc2)c1. The molecule has 0 aliphatic heterocycles. The van der Waals surface area contributed by atoms with Crippen molar-refractivity contribution in [3.63, 3.8) is 0 Å². The van der Waals surface area contributed by atoms with Gasteiger partial charge in [0.25, 0.3) is 0 Å². The van der Waals surface area contributed by atoms with Crippen LogP contribution < -0.4 is 4.72 Å². The van der Waals surface area contributed by atoms with Crippen molar-refractivity contribution in [1.29, 1.82) is 0 Å². The number of sulfonamides is 1. The third kappa shape index (κ3) is 4.82. The average molecular weight is 424 g/mol. The van der Waals surface area contributed by atoms with Gasteiger partial charge >= 0.3 is 0 Å². The van der Waals surface area contributed by atoms with Gasteiger partial charge in [-0.2, -0.15) is 0 Å². The quantitative estimate of drug-likeness (QED) is 0.766. The lowest BCUT2D eigenvalue weighted by Gasteiger charge is -2.25. The monoisotopic (exact) mass is 423 g/mol. The van der Waals surface area contributed by atoms with Gasteiger partial charge in [0.1, 0.15) is 0 Å². The van der Waals surface area contributed by atoms with Gasteiger partial charge in [-0.1, -0.05) is 45.0 Å². The van der Waals surface area contributed by atoms with Crippen molar-refractivity contribution in [2.75, 3.05) is 6.54 Å². The van der Waals surface area contributed by atoms with E-state index in [0.29, 0.717) is 0 Å². The predicted octanol–water partition coefficient (Wildman–Crippen LogP) is 3.82. The Balaban J connectivity index is 2.23. The molecule has 2 rings (SSSR count). The minimum Gasteiger partial charge on any atom is -0.223 e. The third-order valence-corrected chi connectivity index (χ3v) is 8.64. The van der Waals surface area contributed by atoms with E-state index in [1.165, 1.54) is 19.9 Å². The molecular weight excluding hydrogens is 394 g/mol. The second-order valence-corrected chi connectivity index (χ2v) is 13.0. The summed E-state index contributed by atoms with van der Waals surface area (Å²) in [5.41, 5.74) is 1.77. The highest BCUT2D eigenvalue weighted by atomic mass is 32.2. The van der Waals surface area contributed by atoms with Crippen LogP contribution in [0.3, 0.4) is 0 Å². The minimum absolute atomic E-state index is 0.0837. The molecule has 5 nitrogen and oxygen atoms in total. The molecule has 7 heteroatoms. The fourth-order valence-electron chi connectivity index (χ4n) is 2.68. The number of aryl methyl sites for hydroxylation is 1. The molecule has 0 saturated heterocycles. The van der Waals surface area contributed by atoms with Crippen LogP contribution in [0.4, 0.5) is 0 Å². The molecule has 0 aliphatic carbocycles. The van der Waals surface area contributed by atoms with E-state index in [-0.39, 0.29) is 21.8 Å². The van der Waals surface area contributed by atoms with Crippen molar-refractivity contribution >= 4 is 19.9 Å². The molecular formula is C21H29NO4S2. The lowest BCUT2D eigenvalue weighted by Crippen LogP contribution is -2.44. The highest BCUT2D eigenvalue weighted by Gasteiger charge is 2.37. The molecule has 0 bridgehead atoms. The van der Waals surface area contributed by atoms with Gasteiger partial charge in [-0.05, 0) is 61.6 Å². The number of nitrogens with one attached hydrogen (secondary N) is 1. The number of hydrogen-bond donors (Lipinski definition) is 1. The Kier molecular flexibility index (Phi) is 6.14. The highest BCUT2D eigenvalue weighted by molar-refractivity contribution is 7.93. The molecule has 0 atom stereocenters. The molecule has 0 amide bonds. The molecule has 0 saturated carbocycles. The fourth-order valence-corrected chi connectivity index (χ4v) is 5.49. The summed E-state index contributed by atoms with van der Waals surface area (Å²) in [4.78, 5) is 0.301. The highest BCUT2D eigenvalue weighted by Crippen LogP contribution is 2.27. The topological polar surface area (TPSA) is 80.3 Å². The molecule has 1 N–H and O–H groups in total. The van der Waals surface area contributed by atoms with E-state index in [9.17, 15) is 16.8 Å². The van der Waals surface area contributed by atoms with E-state index in [1.807, 2.05) is 33.8 Å². The molecule has 0 heterocycles. The second-order valence-electron chi connectivity index (χ2n) is 8.68. The second kappa shape index (κ2) is 7.61. The number of hydrogen-bond acceptors (Lipinski definition) is 4. The Morgan fingerprint density at radius 3 is 1.89 bits per heavy atom. The Hall–Kier alpha value is -1.70. The number of sulfone groups is 1. The van der Waals surface area contributed by atoms with Gasteiger partial charge in [-0.3, -0.25) is 0 Å². The third-order valence-electron chi connectivity index (χ3n) is 4.75. The van der Waals surface area contributed by atoms with Crippen LogP contribution in [0.2, 0.25) is 0 Å². The number of rotatable bonds is 6. The first kappa shape index (κ1) is 22.6. The van der Waals surface area contributed by atoms with E-state index in [2.05, 4.69) is 4.72 Å². The van der Waals surface area contributed by atoms with Gasteiger partial charge in [0.15, 0.2) is 9.84 Å². The van der Waals surface area contributed by atoms with Gasteiger partial charge in [-0.25, -0.2) is 21.6 Å². The van der Waals surface area contributed by atoms with Crippen LogP contribution >= 0.6 is 0 Å². The van der Waals surface area contributed by atoms with E-state index < -0.39 is 24.6 Å². The Morgan fingerprint density at radius 1 is 0.821 bits per heavy atom. The maximum atomic E-state index is 13.0. The van der Waals surface area contributed by atoms with E-state index in [0.717, 1.165) is 11.1 Å². The van der Waals surface area contributed by atoms with Crippen LogP contribution in [0, 0.1) is 6.92 Å². The molecule has 154 valence electrons. The van der Waals surface area contributed by atoms with Crippen LogP contribution in [-0.2, 0) is 25.3 Å². The van der Waals surface area contributed by atoms with Crippen LogP contribution in [-0.4, -0.2) is 28.1 Å². The van der Waals surface area contributed by atoms with E-state index in [4.69, 9.17) is 0 Å². The lowest BCUT2D eigenvalue weighted by atomic mass is 9.87. The summed E-state index contributed by atoms with van der Waals surface area (Å²) in [5.74, 6) is 0. The van der Waals surface area contributed by atoms with Crippen molar-refractivity contribution in [1.82, 2.24) is 4.72 Å². The van der Waals surface area contributed by atoms with Gasteiger partial charge in [0, 0.05) is 6.54 Å². The Labute approximate surface area is 169 Å². The van der Waals surface area contributed by atoms with Gasteiger partial charge in [-0.15, -0.1) is 0 Å². The molecule has 2 aromatic carbocycles. The molecule has 28 heavy (non-hydrogen) atoms. The van der Waals surface area contributed by atoms with E-state index in [1.54, 1.807) is 36.4 Å². The van der Waals surface area contributed by atoms with Crippen LogP contribution in [0.5, 0.6) is 0 Å². The van der Waals surface area contributed by atoms with Crippen LogP contribution in [0.1, 0.15) is 45.7 Å². The molecule has 0 aliphatic rings. The van der Waals surface area contributed by atoms with Crippen molar-refractivity contribution < 1.29 is 16.8 Å². The van der Waals surface area contributed by atoms with Crippen molar-refractivity contribution in [2.24, 2.45) is 0 Å². The number of benzene rings is 2. The van der Waals surface area contributed by atoms with Gasteiger partial charge in [0.05, 0.1) is 14.5 Å². The Morgan fingerprint density at radius 2 is 1.39 bits per heavy atom. The van der Waals surface area contributed by atoms with Crippen molar-refractivity contribution in [3.8, 4) is 0 Å².